The van der Waals surface area contributed by atoms with Crippen LogP contribution in [0, 0.1) is 0 Å². The topological polar surface area (TPSA) is 76.6 Å². The highest BCUT2D eigenvalue weighted by atomic mass is 35.5. The van der Waals surface area contributed by atoms with Crippen LogP contribution in [0.2, 0.25) is 10.0 Å². The summed E-state index contributed by atoms with van der Waals surface area (Å²) >= 11 is 12.0. The van der Waals surface area contributed by atoms with Gasteiger partial charge in [-0.25, -0.2) is 0 Å². The summed E-state index contributed by atoms with van der Waals surface area (Å²) in [7, 11) is 0. The van der Waals surface area contributed by atoms with E-state index in [4.69, 9.17) is 28.9 Å². The van der Waals surface area contributed by atoms with Crippen molar-refractivity contribution in [3.8, 4) is 0 Å². The predicted octanol–water partition coefficient (Wildman–Crippen LogP) is 1.09. The van der Waals surface area contributed by atoms with Crippen LogP contribution >= 0.6 is 23.2 Å². The average Bonchev–Trinajstić information content (AvgIpc) is 2.47. The standard InChI is InChI=1S/C16H21Cl2N3O2/c1-10(12-6-5-11(17)8-13(12)18)20-15(22)9-21-7-3-2-4-14(21)16(19)23/h5-6,8,10,14H,2-4,7,9H2,1H3,(H2,19,23)(H,20,22)/p+1/t10-,14+/m0/s1. The summed E-state index contributed by atoms with van der Waals surface area (Å²) in [6.45, 7) is 2.89. The van der Waals surface area contributed by atoms with Gasteiger partial charge in [0.25, 0.3) is 11.8 Å². The second-order valence-corrected chi connectivity index (χ2v) is 6.83. The Bertz CT molecular complexity index is 595. The molecule has 0 spiro atoms. The Labute approximate surface area is 146 Å². The molecule has 1 heterocycles. The number of halogens is 2. The van der Waals surface area contributed by atoms with Gasteiger partial charge >= 0.3 is 0 Å². The molecule has 0 bridgehead atoms. The lowest BCUT2D eigenvalue weighted by atomic mass is 10.0. The lowest BCUT2D eigenvalue weighted by molar-refractivity contribution is -0.913. The van der Waals surface area contributed by atoms with Crippen molar-refractivity contribution >= 4 is 35.0 Å². The van der Waals surface area contributed by atoms with Crippen LogP contribution in [0.3, 0.4) is 0 Å². The van der Waals surface area contributed by atoms with Crippen molar-refractivity contribution in [3.05, 3.63) is 33.8 Å². The summed E-state index contributed by atoms with van der Waals surface area (Å²) in [4.78, 5) is 24.7. The Morgan fingerprint density at radius 3 is 2.78 bits per heavy atom. The first-order chi connectivity index (χ1) is 10.9. The first-order valence-electron chi connectivity index (χ1n) is 7.76. The number of carbonyl (C=O) groups is 2. The van der Waals surface area contributed by atoms with Gasteiger partial charge in [-0.05, 0) is 37.5 Å². The highest BCUT2D eigenvalue weighted by molar-refractivity contribution is 6.35. The molecule has 0 radical (unpaired) electrons. The normalized spacial score (nSPS) is 22.4. The van der Waals surface area contributed by atoms with Crippen LogP contribution in [0.4, 0.5) is 0 Å². The largest absolute Gasteiger partial charge is 0.365 e. The number of piperidine rings is 1. The summed E-state index contributed by atoms with van der Waals surface area (Å²) in [6, 6.07) is 4.69. The first-order valence-corrected chi connectivity index (χ1v) is 8.52. The quantitative estimate of drug-likeness (QED) is 0.736. The Balaban J connectivity index is 1.96. The predicted molar refractivity (Wildman–Crippen MR) is 90.5 cm³/mol. The van der Waals surface area contributed by atoms with Gasteiger partial charge in [-0.15, -0.1) is 0 Å². The molecule has 23 heavy (non-hydrogen) atoms. The van der Waals surface area contributed by atoms with Crippen LogP contribution < -0.4 is 16.0 Å². The lowest BCUT2D eigenvalue weighted by Crippen LogP contribution is -3.18. The maximum atomic E-state index is 12.3. The molecule has 2 amide bonds. The average molecular weight is 359 g/mol. The Kier molecular flexibility index (Phi) is 6.27. The molecular formula is C16H22Cl2N3O2+. The number of likely N-dealkylation sites (tertiary alicyclic amines) is 1. The number of benzene rings is 1. The summed E-state index contributed by atoms with van der Waals surface area (Å²) < 4.78 is 0. The SMILES string of the molecule is C[C@H](NC(=O)C[NH+]1CCCC[C@@H]1C(N)=O)c1ccc(Cl)cc1Cl. The van der Waals surface area contributed by atoms with Crippen LogP contribution in [-0.4, -0.2) is 30.9 Å². The number of hydrogen-bond donors (Lipinski definition) is 3. The van der Waals surface area contributed by atoms with Gasteiger partial charge in [0.15, 0.2) is 12.6 Å². The third kappa shape index (κ3) is 4.83. The summed E-state index contributed by atoms with van der Waals surface area (Å²) in [6.07, 6.45) is 2.73. The zero-order valence-electron chi connectivity index (χ0n) is 13.1. The first kappa shape index (κ1) is 18.0. The number of quaternary nitrogens is 1. The van der Waals surface area contributed by atoms with Crippen LogP contribution in [0.5, 0.6) is 0 Å². The molecular weight excluding hydrogens is 337 g/mol. The van der Waals surface area contributed by atoms with Crippen molar-refractivity contribution in [2.45, 2.75) is 38.3 Å². The molecule has 0 aliphatic carbocycles. The molecule has 0 saturated carbocycles. The van der Waals surface area contributed by atoms with E-state index in [0.29, 0.717) is 10.0 Å². The van der Waals surface area contributed by atoms with Gasteiger partial charge < -0.3 is 16.0 Å². The summed E-state index contributed by atoms with van der Waals surface area (Å²) in [5.74, 6) is -0.451. The third-order valence-electron chi connectivity index (χ3n) is 4.27. The number of nitrogens with two attached hydrogens (primary N) is 1. The van der Waals surface area contributed by atoms with Crippen LogP contribution in [-0.2, 0) is 9.59 Å². The van der Waals surface area contributed by atoms with E-state index < -0.39 is 0 Å². The van der Waals surface area contributed by atoms with Gasteiger partial charge in [0.2, 0.25) is 0 Å². The van der Waals surface area contributed by atoms with Crippen molar-refractivity contribution in [3.63, 3.8) is 0 Å². The zero-order valence-corrected chi connectivity index (χ0v) is 14.6. The van der Waals surface area contributed by atoms with Crippen molar-refractivity contribution in [1.82, 2.24) is 5.32 Å². The molecule has 1 aliphatic rings. The number of carbonyl (C=O) groups excluding carboxylic acids is 2. The fourth-order valence-electron chi connectivity index (χ4n) is 3.06. The van der Waals surface area contributed by atoms with E-state index in [1.165, 1.54) is 0 Å². The fourth-order valence-corrected chi connectivity index (χ4v) is 3.64. The highest BCUT2D eigenvalue weighted by Gasteiger charge is 2.32. The smallest absolute Gasteiger partial charge is 0.275 e. The lowest BCUT2D eigenvalue weighted by Gasteiger charge is -2.30. The number of nitrogens with one attached hydrogen (secondary N) is 2. The second-order valence-electron chi connectivity index (χ2n) is 5.99. The monoisotopic (exact) mass is 358 g/mol. The molecule has 4 N–H and O–H groups in total. The number of amides is 2. The molecule has 1 aromatic rings. The van der Waals surface area contributed by atoms with E-state index >= 15 is 0 Å². The minimum absolute atomic E-state index is 0.119. The van der Waals surface area contributed by atoms with E-state index in [1.807, 2.05) is 6.92 Å². The highest BCUT2D eigenvalue weighted by Crippen LogP contribution is 2.25. The maximum Gasteiger partial charge on any atom is 0.275 e. The number of hydrogen-bond acceptors (Lipinski definition) is 2. The molecule has 126 valence electrons. The van der Waals surface area contributed by atoms with Crippen molar-refractivity contribution in [2.24, 2.45) is 5.73 Å². The molecule has 0 aromatic heterocycles. The van der Waals surface area contributed by atoms with Gasteiger partial charge in [-0.1, -0.05) is 29.3 Å². The molecule has 1 aromatic carbocycles. The minimum Gasteiger partial charge on any atom is -0.365 e. The maximum absolute atomic E-state index is 12.3. The van der Waals surface area contributed by atoms with E-state index in [9.17, 15) is 9.59 Å². The molecule has 1 fully saturated rings. The van der Waals surface area contributed by atoms with Gasteiger partial charge in [-0.3, -0.25) is 9.59 Å². The molecule has 1 aliphatic heterocycles. The van der Waals surface area contributed by atoms with Gasteiger partial charge in [-0.2, -0.15) is 0 Å². The van der Waals surface area contributed by atoms with E-state index in [0.717, 1.165) is 36.3 Å². The number of rotatable bonds is 5. The van der Waals surface area contributed by atoms with E-state index in [1.54, 1.807) is 18.2 Å². The van der Waals surface area contributed by atoms with E-state index in [2.05, 4.69) is 5.32 Å². The third-order valence-corrected chi connectivity index (χ3v) is 4.83. The molecule has 1 unspecified atom stereocenters. The Morgan fingerprint density at radius 1 is 1.39 bits per heavy atom. The molecule has 2 rings (SSSR count). The van der Waals surface area contributed by atoms with Gasteiger partial charge in [0.05, 0.1) is 12.6 Å². The van der Waals surface area contributed by atoms with E-state index in [-0.39, 0.29) is 30.4 Å². The molecule has 7 heteroatoms. The Morgan fingerprint density at radius 2 is 2.13 bits per heavy atom. The van der Waals surface area contributed by atoms with Crippen molar-refractivity contribution < 1.29 is 14.5 Å². The second kappa shape index (κ2) is 7.99. The molecule has 1 saturated heterocycles. The Hall–Kier alpha value is -1.30. The van der Waals surface area contributed by atoms with Crippen molar-refractivity contribution in [2.75, 3.05) is 13.1 Å². The fraction of sp³-hybridized carbons (Fsp3) is 0.500. The van der Waals surface area contributed by atoms with Gasteiger partial charge in [0.1, 0.15) is 0 Å². The van der Waals surface area contributed by atoms with Crippen LogP contribution in [0.15, 0.2) is 18.2 Å². The van der Waals surface area contributed by atoms with Crippen LogP contribution in [0.1, 0.15) is 37.8 Å². The molecule has 3 atom stereocenters. The zero-order chi connectivity index (χ0) is 17.0. The van der Waals surface area contributed by atoms with Crippen molar-refractivity contribution in [1.29, 1.82) is 0 Å². The summed E-state index contributed by atoms with van der Waals surface area (Å²) in [5.41, 5.74) is 6.25. The summed E-state index contributed by atoms with van der Waals surface area (Å²) in [5, 5.41) is 4.00. The minimum atomic E-state index is -0.332. The van der Waals surface area contributed by atoms with Gasteiger partial charge in [0, 0.05) is 16.5 Å². The number of primary amides is 1. The molecule has 5 nitrogen and oxygen atoms in total. The van der Waals surface area contributed by atoms with Crippen LogP contribution in [0.25, 0.3) is 0 Å².